The molecule has 4 N–H and O–H groups in total. The Hall–Kier alpha value is -2.96. The molecular formula is C21H26N4O6S2. The van der Waals surface area contributed by atoms with E-state index in [2.05, 4.69) is 15.4 Å². The van der Waals surface area contributed by atoms with Crippen molar-refractivity contribution in [1.82, 2.24) is 10.0 Å². The van der Waals surface area contributed by atoms with E-state index in [4.69, 9.17) is 0 Å². The van der Waals surface area contributed by atoms with E-state index in [1.807, 2.05) is 20.8 Å². The molecule has 33 heavy (non-hydrogen) atoms. The van der Waals surface area contributed by atoms with E-state index < -0.39 is 27.4 Å². The van der Waals surface area contributed by atoms with Crippen molar-refractivity contribution < 1.29 is 27.9 Å². The van der Waals surface area contributed by atoms with E-state index in [-0.39, 0.29) is 36.7 Å². The van der Waals surface area contributed by atoms with Crippen LogP contribution in [0.1, 0.15) is 48.7 Å². The van der Waals surface area contributed by atoms with Crippen molar-refractivity contribution in [3.8, 4) is 5.75 Å². The highest BCUT2D eigenvalue weighted by Crippen LogP contribution is 2.38. The van der Waals surface area contributed by atoms with Crippen molar-refractivity contribution in [3.05, 3.63) is 40.3 Å². The molecule has 1 fully saturated rings. The van der Waals surface area contributed by atoms with Crippen LogP contribution in [0.25, 0.3) is 0 Å². The number of aromatic hydroxyl groups is 1. The van der Waals surface area contributed by atoms with Crippen LogP contribution in [0, 0.1) is 0 Å². The summed E-state index contributed by atoms with van der Waals surface area (Å²) >= 11 is 1.21. The van der Waals surface area contributed by atoms with Gasteiger partial charge in [0.2, 0.25) is 15.9 Å². The third-order valence-corrected chi connectivity index (χ3v) is 6.51. The lowest BCUT2D eigenvalue weighted by Crippen LogP contribution is -2.49. The summed E-state index contributed by atoms with van der Waals surface area (Å²) in [5, 5.41) is 18.0. The van der Waals surface area contributed by atoms with E-state index in [1.165, 1.54) is 22.3 Å². The van der Waals surface area contributed by atoms with Crippen LogP contribution in [0.15, 0.2) is 23.6 Å². The van der Waals surface area contributed by atoms with Gasteiger partial charge in [-0.25, -0.2) is 17.9 Å². The Morgan fingerprint density at radius 1 is 1.24 bits per heavy atom. The molecule has 0 atom stereocenters. The van der Waals surface area contributed by atoms with Gasteiger partial charge < -0.3 is 10.4 Å². The van der Waals surface area contributed by atoms with Gasteiger partial charge in [-0.3, -0.25) is 19.8 Å². The molecule has 1 aliphatic rings. The first kappa shape index (κ1) is 24.7. The van der Waals surface area contributed by atoms with Gasteiger partial charge in [-0.15, -0.1) is 11.3 Å². The zero-order valence-electron chi connectivity index (χ0n) is 18.7. The number of nitrogens with zero attached hydrogens (tertiary/aromatic N) is 1. The van der Waals surface area contributed by atoms with E-state index in [1.54, 1.807) is 17.5 Å². The van der Waals surface area contributed by atoms with Crippen molar-refractivity contribution in [1.29, 1.82) is 0 Å². The number of hydrogen-bond acceptors (Lipinski definition) is 7. The molecule has 2 aromatic rings. The number of urea groups is 1. The van der Waals surface area contributed by atoms with Gasteiger partial charge in [0.1, 0.15) is 5.75 Å². The van der Waals surface area contributed by atoms with Crippen molar-refractivity contribution in [3.63, 3.8) is 0 Å². The minimum Gasteiger partial charge on any atom is -0.507 e. The number of hydrogen-bond donors (Lipinski definition) is 4. The normalized spacial score (nSPS) is 14.8. The first-order valence-electron chi connectivity index (χ1n) is 10.1. The molecule has 0 saturated carbocycles. The van der Waals surface area contributed by atoms with Crippen molar-refractivity contribution in [2.24, 2.45) is 0 Å². The maximum absolute atomic E-state index is 13.1. The average Bonchev–Trinajstić information content (AvgIpc) is 3.13. The molecule has 1 aromatic heterocycles. The fourth-order valence-electron chi connectivity index (χ4n) is 3.26. The smallest absolute Gasteiger partial charge is 0.328 e. The van der Waals surface area contributed by atoms with Crippen LogP contribution in [0.5, 0.6) is 5.75 Å². The van der Waals surface area contributed by atoms with Crippen LogP contribution in [-0.2, 0) is 26.8 Å². The summed E-state index contributed by atoms with van der Waals surface area (Å²) in [4.78, 5) is 38.3. The van der Waals surface area contributed by atoms with Gasteiger partial charge in [0.25, 0.3) is 5.91 Å². The number of rotatable bonds is 6. The molecule has 10 nitrogen and oxygen atoms in total. The number of phenols is 1. The first-order valence-corrected chi connectivity index (χ1v) is 12.8. The zero-order chi connectivity index (χ0) is 24.6. The van der Waals surface area contributed by atoms with Crippen LogP contribution in [-0.4, -0.2) is 44.2 Å². The maximum atomic E-state index is 13.1. The Bertz CT molecular complexity index is 1210. The van der Waals surface area contributed by atoms with Crippen LogP contribution in [0.2, 0.25) is 0 Å². The highest BCUT2D eigenvalue weighted by Gasteiger charge is 2.29. The van der Waals surface area contributed by atoms with Crippen LogP contribution >= 0.6 is 11.3 Å². The van der Waals surface area contributed by atoms with Crippen LogP contribution < -0.4 is 20.3 Å². The minimum atomic E-state index is -3.35. The molecule has 4 amide bonds. The number of benzene rings is 1. The summed E-state index contributed by atoms with van der Waals surface area (Å²) in [5.74, 6) is -1.16. The van der Waals surface area contributed by atoms with Gasteiger partial charge in [0, 0.05) is 30.8 Å². The number of nitrogens with one attached hydrogen (secondary N) is 3. The number of carbonyl (C=O) groups excluding carboxylic acids is 3. The molecule has 0 bridgehead atoms. The number of amides is 4. The summed E-state index contributed by atoms with van der Waals surface area (Å²) in [5.41, 5.74) is 0.969. The molecule has 1 aromatic carbocycles. The van der Waals surface area contributed by atoms with Crippen molar-refractivity contribution in [2.75, 3.05) is 23.0 Å². The Balaban J connectivity index is 1.91. The van der Waals surface area contributed by atoms with Gasteiger partial charge >= 0.3 is 6.03 Å². The number of anilines is 2. The van der Waals surface area contributed by atoms with E-state index >= 15 is 0 Å². The second kappa shape index (κ2) is 9.12. The summed E-state index contributed by atoms with van der Waals surface area (Å²) < 4.78 is 24.9. The largest absolute Gasteiger partial charge is 0.507 e. The number of phenolic OH excluding ortho intramolecular Hbond substituents is 1. The quantitative estimate of drug-likeness (QED) is 0.486. The zero-order valence-corrected chi connectivity index (χ0v) is 20.3. The molecule has 0 radical (unpaired) electrons. The van der Waals surface area contributed by atoms with E-state index in [0.29, 0.717) is 21.8 Å². The summed E-state index contributed by atoms with van der Waals surface area (Å²) in [6, 6.07) is 4.09. The fourth-order valence-corrected chi connectivity index (χ4v) is 4.49. The molecule has 1 saturated heterocycles. The molecule has 2 heterocycles. The lowest BCUT2D eigenvalue weighted by Gasteiger charge is -2.29. The Kier molecular flexibility index (Phi) is 6.82. The minimum absolute atomic E-state index is 0.0219. The molecule has 0 aliphatic carbocycles. The Morgan fingerprint density at radius 2 is 1.94 bits per heavy atom. The second-order valence-electron chi connectivity index (χ2n) is 8.76. The molecule has 0 spiro atoms. The van der Waals surface area contributed by atoms with Crippen LogP contribution in [0.3, 0.4) is 0 Å². The highest BCUT2D eigenvalue weighted by atomic mass is 32.2. The maximum Gasteiger partial charge on any atom is 0.328 e. The van der Waals surface area contributed by atoms with E-state index in [9.17, 15) is 27.9 Å². The molecule has 3 rings (SSSR count). The SMILES string of the molecule is CC(C)(C)c1cc(N2CCC(=O)NC2=O)cc(C(=O)Nc2cc(CNS(C)(=O)=O)cs2)c1O. The van der Waals surface area contributed by atoms with Gasteiger partial charge in [0.05, 0.1) is 16.8 Å². The standard InChI is InChI=1S/C21H26N4O6S2/c1-21(2,3)15-9-13(25-6-5-16(26)23-20(25)29)8-14(18(15)27)19(28)24-17-7-12(11-32-17)10-22-33(4,30)31/h7-9,11,22,27H,5-6,10H2,1-4H3,(H,24,28)(H,23,26,29). The van der Waals surface area contributed by atoms with Gasteiger partial charge in [0.15, 0.2) is 0 Å². The molecule has 1 aliphatic heterocycles. The topological polar surface area (TPSA) is 145 Å². The van der Waals surface area contributed by atoms with Crippen molar-refractivity contribution >= 4 is 49.9 Å². The number of imide groups is 1. The number of thiophene rings is 1. The lowest BCUT2D eigenvalue weighted by atomic mass is 9.84. The summed E-state index contributed by atoms with van der Waals surface area (Å²) in [6.07, 6.45) is 1.18. The molecular weight excluding hydrogens is 468 g/mol. The summed E-state index contributed by atoms with van der Waals surface area (Å²) in [7, 11) is -3.35. The molecule has 178 valence electrons. The second-order valence-corrected chi connectivity index (χ2v) is 11.5. The van der Waals surface area contributed by atoms with E-state index in [0.717, 1.165) is 6.26 Å². The van der Waals surface area contributed by atoms with Gasteiger partial charge in [-0.1, -0.05) is 20.8 Å². The molecule has 0 unspecified atom stereocenters. The lowest BCUT2D eigenvalue weighted by molar-refractivity contribution is -0.120. The number of sulfonamides is 1. The average molecular weight is 495 g/mol. The third-order valence-electron chi connectivity index (χ3n) is 4.94. The predicted molar refractivity (Wildman–Crippen MR) is 126 cm³/mol. The van der Waals surface area contributed by atoms with Crippen LogP contribution in [0.4, 0.5) is 15.5 Å². The fraction of sp³-hybridized carbons (Fsp3) is 0.381. The highest BCUT2D eigenvalue weighted by molar-refractivity contribution is 7.88. The van der Waals surface area contributed by atoms with Crippen molar-refractivity contribution in [2.45, 2.75) is 39.2 Å². The van der Waals surface area contributed by atoms with Gasteiger partial charge in [-0.2, -0.15) is 0 Å². The Labute approximate surface area is 196 Å². The molecule has 12 heteroatoms. The van der Waals surface area contributed by atoms with Gasteiger partial charge in [-0.05, 0) is 34.6 Å². The number of carbonyl (C=O) groups is 3. The third kappa shape index (κ3) is 6.09. The Morgan fingerprint density at radius 3 is 2.55 bits per heavy atom. The predicted octanol–water partition coefficient (Wildman–Crippen LogP) is 2.50. The monoisotopic (exact) mass is 494 g/mol. The first-order chi connectivity index (χ1) is 15.2. The summed E-state index contributed by atoms with van der Waals surface area (Å²) in [6.45, 7) is 5.85.